The fraction of sp³-hybridized carbons (Fsp3) is 0.286. The number of nitrogens with one attached hydrogen (secondary N) is 1. The summed E-state index contributed by atoms with van der Waals surface area (Å²) in [7, 11) is -3.44. The van der Waals surface area contributed by atoms with Crippen molar-refractivity contribution in [2.24, 2.45) is 0 Å². The van der Waals surface area contributed by atoms with Crippen molar-refractivity contribution in [3.63, 3.8) is 0 Å². The van der Waals surface area contributed by atoms with Gasteiger partial charge in [0.15, 0.2) is 0 Å². The molecule has 0 amide bonds. The second-order valence-corrected chi connectivity index (χ2v) is 6.88. The molecule has 0 aliphatic rings. The van der Waals surface area contributed by atoms with Gasteiger partial charge in [-0.1, -0.05) is 23.7 Å². The molecule has 0 radical (unpaired) electrons. The number of aliphatic hydroxyl groups excluding tert-OH is 1. The normalized spacial score (nSPS) is 13.2. The highest BCUT2D eigenvalue weighted by molar-refractivity contribution is 7.88. The Bertz CT molecular complexity index is 653. The first kappa shape index (κ1) is 16.0. The van der Waals surface area contributed by atoms with Gasteiger partial charge >= 0.3 is 0 Å². The summed E-state index contributed by atoms with van der Waals surface area (Å²) in [5.74, 6) is -0.119. The topological polar surface area (TPSA) is 79.5 Å². The first-order valence-electron chi connectivity index (χ1n) is 6.38. The fourth-order valence-corrected chi connectivity index (χ4v) is 3.12. The molecule has 0 spiro atoms. The molecule has 2 aromatic rings. The van der Waals surface area contributed by atoms with Crippen molar-refractivity contribution in [3.8, 4) is 0 Å². The van der Waals surface area contributed by atoms with Crippen molar-refractivity contribution in [2.45, 2.75) is 18.3 Å². The van der Waals surface area contributed by atoms with E-state index in [4.69, 9.17) is 16.0 Å². The molecule has 2 N–H and O–H groups in total. The van der Waals surface area contributed by atoms with Gasteiger partial charge < -0.3 is 9.52 Å². The van der Waals surface area contributed by atoms with E-state index in [0.717, 1.165) is 0 Å². The lowest BCUT2D eigenvalue weighted by molar-refractivity contribution is 0.168. The average Bonchev–Trinajstić information content (AvgIpc) is 2.95. The van der Waals surface area contributed by atoms with E-state index in [9.17, 15) is 13.5 Å². The van der Waals surface area contributed by atoms with E-state index in [0.29, 0.717) is 16.1 Å². The summed E-state index contributed by atoms with van der Waals surface area (Å²) in [4.78, 5) is 0. The molecular formula is C14H16ClNO4S. The Labute approximate surface area is 128 Å². The highest BCUT2D eigenvalue weighted by Crippen LogP contribution is 2.16. The molecule has 0 aliphatic carbocycles. The highest BCUT2D eigenvalue weighted by Gasteiger charge is 2.13. The lowest BCUT2D eigenvalue weighted by Crippen LogP contribution is -2.27. The monoisotopic (exact) mass is 329 g/mol. The molecule has 1 aromatic heterocycles. The molecule has 114 valence electrons. The Kier molecular flexibility index (Phi) is 5.41. The molecule has 1 atom stereocenters. The maximum Gasteiger partial charge on any atom is 0.215 e. The van der Waals surface area contributed by atoms with Crippen LogP contribution in [0.4, 0.5) is 0 Å². The third-order valence-corrected chi connectivity index (χ3v) is 4.55. The average molecular weight is 330 g/mol. The van der Waals surface area contributed by atoms with Gasteiger partial charge in [0.1, 0.15) is 0 Å². The zero-order valence-electron chi connectivity index (χ0n) is 11.2. The van der Waals surface area contributed by atoms with Crippen LogP contribution in [-0.2, 0) is 15.8 Å². The van der Waals surface area contributed by atoms with Crippen molar-refractivity contribution in [3.05, 3.63) is 59.0 Å². The van der Waals surface area contributed by atoms with Crippen LogP contribution in [0.1, 0.15) is 23.7 Å². The number of hydrogen-bond donors (Lipinski definition) is 2. The zero-order valence-corrected chi connectivity index (χ0v) is 12.8. The summed E-state index contributed by atoms with van der Waals surface area (Å²) >= 11 is 5.75. The standard InChI is InChI=1S/C14H16ClNO4S/c15-13-3-1-11(2-4-13)10-21(18,19)16-7-5-14(17)12-6-8-20-9-12/h1-4,6,8-9,14,16-17H,5,7,10H2. The maximum absolute atomic E-state index is 11.9. The predicted molar refractivity (Wildman–Crippen MR) is 80.4 cm³/mol. The van der Waals surface area contributed by atoms with Gasteiger partial charge in [0.25, 0.3) is 0 Å². The van der Waals surface area contributed by atoms with Gasteiger partial charge in [0.05, 0.1) is 24.4 Å². The molecule has 0 fully saturated rings. The summed E-state index contributed by atoms with van der Waals surface area (Å²) in [6.45, 7) is 0.155. The fourth-order valence-electron chi connectivity index (χ4n) is 1.83. The van der Waals surface area contributed by atoms with Crippen LogP contribution in [0.15, 0.2) is 47.3 Å². The second kappa shape index (κ2) is 7.09. The van der Waals surface area contributed by atoms with E-state index < -0.39 is 16.1 Å². The largest absolute Gasteiger partial charge is 0.472 e. The van der Waals surface area contributed by atoms with Crippen molar-refractivity contribution < 1.29 is 17.9 Å². The quantitative estimate of drug-likeness (QED) is 0.818. The van der Waals surface area contributed by atoms with Gasteiger partial charge in [-0.3, -0.25) is 0 Å². The van der Waals surface area contributed by atoms with Crippen LogP contribution < -0.4 is 4.72 Å². The summed E-state index contributed by atoms with van der Waals surface area (Å²) in [5.41, 5.74) is 1.29. The van der Waals surface area contributed by atoms with E-state index in [1.54, 1.807) is 30.3 Å². The number of aliphatic hydroxyl groups is 1. The predicted octanol–water partition coefficient (Wildman–Crippen LogP) is 2.48. The van der Waals surface area contributed by atoms with E-state index >= 15 is 0 Å². The summed E-state index contributed by atoms with van der Waals surface area (Å²) in [5, 5.41) is 10.4. The molecule has 2 rings (SSSR count). The maximum atomic E-state index is 11.9. The van der Waals surface area contributed by atoms with Gasteiger partial charge in [0.2, 0.25) is 10.0 Å². The Morgan fingerprint density at radius 3 is 2.57 bits per heavy atom. The molecule has 0 saturated heterocycles. The lowest BCUT2D eigenvalue weighted by Gasteiger charge is -2.10. The molecule has 1 unspecified atom stereocenters. The molecule has 1 heterocycles. The molecule has 0 aliphatic heterocycles. The van der Waals surface area contributed by atoms with Crippen molar-refractivity contribution >= 4 is 21.6 Å². The number of hydrogen-bond acceptors (Lipinski definition) is 4. The highest BCUT2D eigenvalue weighted by atomic mass is 35.5. The van der Waals surface area contributed by atoms with Crippen LogP contribution in [0.25, 0.3) is 0 Å². The third-order valence-electron chi connectivity index (χ3n) is 2.94. The summed E-state index contributed by atoms with van der Waals surface area (Å²) < 4.78 is 31.1. The number of halogens is 1. The van der Waals surface area contributed by atoms with Crippen molar-refractivity contribution in [1.29, 1.82) is 0 Å². The van der Waals surface area contributed by atoms with Crippen molar-refractivity contribution in [2.75, 3.05) is 6.54 Å². The van der Waals surface area contributed by atoms with Crippen LogP contribution >= 0.6 is 11.6 Å². The van der Waals surface area contributed by atoms with Crippen LogP contribution in [-0.4, -0.2) is 20.1 Å². The molecule has 5 nitrogen and oxygen atoms in total. The van der Waals surface area contributed by atoms with Crippen LogP contribution in [0, 0.1) is 0 Å². The number of furan rings is 1. The third kappa shape index (κ3) is 5.17. The Morgan fingerprint density at radius 2 is 1.95 bits per heavy atom. The number of benzene rings is 1. The van der Waals surface area contributed by atoms with Crippen LogP contribution in [0.3, 0.4) is 0 Å². The van der Waals surface area contributed by atoms with Crippen LogP contribution in [0.2, 0.25) is 5.02 Å². The molecule has 21 heavy (non-hydrogen) atoms. The van der Waals surface area contributed by atoms with Crippen LogP contribution in [0.5, 0.6) is 0 Å². The van der Waals surface area contributed by atoms with Crippen molar-refractivity contribution in [1.82, 2.24) is 4.72 Å². The van der Waals surface area contributed by atoms with E-state index in [-0.39, 0.29) is 18.7 Å². The Balaban J connectivity index is 1.82. The Hall–Kier alpha value is -1.34. The minimum Gasteiger partial charge on any atom is -0.472 e. The lowest BCUT2D eigenvalue weighted by atomic mass is 10.1. The second-order valence-electron chi connectivity index (χ2n) is 4.64. The van der Waals surface area contributed by atoms with Gasteiger partial charge in [-0.05, 0) is 30.2 Å². The molecule has 0 saturated carbocycles. The smallest absolute Gasteiger partial charge is 0.215 e. The zero-order chi connectivity index (χ0) is 15.3. The molecular weight excluding hydrogens is 314 g/mol. The van der Waals surface area contributed by atoms with E-state index in [1.165, 1.54) is 12.5 Å². The molecule has 0 bridgehead atoms. The summed E-state index contributed by atoms with van der Waals surface area (Å²) in [6, 6.07) is 8.28. The SMILES string of the molecule is O=S(=O)(Cc1ccc(Cl)cc1)NCCC(O)c1ccoc1. The summed E-state index contributed by atoms with van der Waals surface area (Å²) in [6.07, 6.45) is 2.43. The van der Waals surface area contributed by atoms with Gasteiger partial charge in [-0.25, -0.2) is 13.1 Å². The van der Waals surface area contributed by atoms with E-state index in [1.807, 2.05) is 0 Å². The Morgan fingerprint density at radius 1 is 1.24 bits per heavy atom. The van der Waals surface area contributed by atoms with E-state index in [2.05, 4.69) is 4.72 Å². The van der Waals surface area contributed by atoms with Gasteiger partial charge in [0, 0.05) is 17.1 Å². The first-order valence-corrected chi connectivity index (χ1v) is 8.41. The minimum absolute atomic E-state index is 0.119. The van der Waals surface area contributed by atoms with Gasteiger partial charge in [-0.15, -0.1) is 0 Å². The molecule has 1 aromatic carbocycles. The minimum atomic E-state index is -3.44. The van der Waals surface area contributed by atoms with Gasteiger partial charge in [-0.2, -0.15) is 0 Å². The first-order chi connectivity index (χ1) is 9.96. The molecule has 7 heteroatoms. The number of sulfonamides is 1. The number of rotatable bonds is 7.